The lowest BCUT2D eigenvalue weighted by Gasteiger charge is -2.33. The minimum absolute atomic E-state index is 0.126. The van der Waals surface area contributed by atoms with Gasteiger partial charge in [-0.2, -0.15) is 0 Å². The van der Waals surface area contributed by atoms with Crippen molar-refractivity contribution in [3.63, 3.8) is 0 Å². The van der Waals surface area contributed by atoms with Crippen molar-refractivity contribution in [2.45, 2.75) is 13.0 Å². The third kappa shape index (κ3) is 2.39. The van der Waals surface area contributed by atoms with Gasteiger partial charge in [0.2, 0.25) is 5.91 Å². The molecule has 114 valence electrons. The predicted molar refractivity (Wildman–Crippen MR) is 84.0 cm³/mol. The van der Waals surface area contributed by atoms with Crippen molar-refractivity contribution in [1.29, 1.82) is 0 Å². The van der Waals surface area contributed by atoms with Crippen LogP contribution in [0, 0.1) is 0 Å². The number of benzene rings is 2. The van der Waals surface area contributed by atoms with E-state index in [0.29, 0.717) is 24.4 Å². The van der Waals surface area contributed by atoms with Gasteiger partial charge in [0.1, 0.15) is 11.8 Å². The van der Waals surface area contributed by atoms with Crippen LogP contribution in [0.25, 0.3) is 10.8 Å². The summed E-state index contributed by atoms with van der Waals surface area (Å²) in [6, 6.07) is 11.0. The van der Waals surface area contributed by atoms with E-state index in [4.69, 9.17) is 4.74 Å². The van der Waals surface area contributed by atoms with Crippen molar-refractivity contribution >= 4 is 22.6 Å². The molecule has 1 aliphatic rings. The first kappa shape index (κ1) is 14.4. The maximum Gasteiger partial charge on any atom is 0.258 e. The first-order chi connectivity index (χ1) is 10.6. The van der Waals surface area contributed by atoms with Gasteiger partial charge in [0, 0.05) is 13.1 Å². The summed E-state index contributed by atoms with van der Waals surface area (Å²) in [5, 5.41) is 4.75. The predicted octanol–water partition coefficient (Wildman–Crippen LogP) is 1.81. The molecule has 0 radical (unpaired) electrons. The largest absolute Gasteiger partial charge is 0.496 e. The third-order valence-corrected chi connectivity index (χ3v) is 4.06. The summed E-state index contributed by atoms with van der Waals surface area (Å²) in [6.07, 6.45) is 0. The van der Waals surface area contributed by atoms with Crippen LogP contribution < -0.4 is 10.1 Å². The summed E-state index contributed by atoms with van der Waals surface area (Å²) in [5.74, 6) is 0.228. The summed E-state index contributed by atoms with van der Waals surface area (Å²) in [4.78, 5) is 26.2. The fourth-order valence-corrected chi connectivity index (χ4v) is 2.77. The summed E-state index contributed by atoms with van der Waals surface area (Å²) < 4.78 is 5.38. The summed E-state index contributed by atoms with van der Waals surface area (Å²) >= 11 is 0. The van der Waals surface area contributed by atoms with Crippen molar-refractivity contribution < 1.29 is 14.3 Å². The molecule has 2 aromatic carbocycles. The number of carbonyl (C=O) groups excluding carboxylic acids is 2. The molecule has 1 N–H and O–H groups in total. The van der Waals surface area contributed by atoms with E-state index >= 15 is 0 Å². The highest BCUT2D eigenvalue weighted by molar-refractivity contribution is 6.03. The van der Waals surface area contributed by atoms with E-state index in [2.05, 4.69) is 5.32 Å². The van der Waals surface area contributed by atoms with Crippen LogP contribution in [-0.4, -0.2) is 43.0 Å². The van der Waals surface area contributed by atoms with Crippen molar-refractivity contribution in [2.24, 2.45) is 0 Å². The second kappa shape index (κ2) is 5.67. The van der Waals surface area contributed by atoms with Crippen LogP contribution in [0.2, 0.25) is 0 Å². The Labute approximate surface area is 128 Å². The average Bonchev–Trinajstić information content (AvgIpc) is 2.55. The van der Waals surface area contributed by atoms with Gasteiger partial charge in [0.05, 0.1) is 12.7 Å². The van der Waals surface area contributed by atoms with Crippen LogP contribution in [0.5, 0.6) is 5.75 Å². The van der Waals surface area contributed by atoms with Crippen molar-refractivity contribution in [2.75, 3.05) is 20.2 Å². The van der Waals surface area contributed by atoms with Gasteiger partial charge in [-0.05, 0) is 29.8 Å². The first-order valence-electron chi connectivity index (χ1n) is 7.27. The Morgan fingerprint density at radius 2 is 1.95 bits per heavy atom. The molecule has 2 aromatic rings. The quantitative estimate of drug-likeness (QED) is 0.920. The molecule has 1 atom stereocenters. The fraction of sp³-hybridized carbons (Fsp3) is 0.294. The third-order valence-electron chi connectivity index (χ3n) is 4.06. The number of rotatable bonds is 2. The number of fused-ring (bicyclic) bond motifs is 1. The van der Waals surface area contributed by atoms with Gasteiger partial charge < -0.3 is 15.0 Å². The minimum Gasteiger partial charge on any atom is -0.496 e. The van der Waals surface area contributed by atoms with Crippen LogP contribution >= 0.6 is 0 Å². The number of piperazine rings is 1. The summed E-state index contributed by atoms with van der Waals surface area (Å²) in [7, 11) is 1.55. The number of carbonyl (C=O) groups is 2. The monoisotopic (exact) mass is 298 g/mol. The molecular weight excluding hydrogens is 280 g/mol. The van der Waals surface area contributed by atoms with E-state index < -0.39 is 6.04 Å². The SMILES string of the molecule is COc1cc2ccccc2cc1C(=O)N1CCNC(=O)C1C. The Morgan fingerprint density at radius 1 is 1.27 bits per heavy atom. The van der Waals surface area contributed by atoms with E-state index in [0.717, 1.165) is 10.8 Å². The van der Waals surface area contributed by atoms with E-state index in [1.165, 1.54) is 0 Å². The molecule has 0 saturated carbocycles. The van der Waals surface area contributed by atoms with E-state index in [-0.39, 0.29) is 11.8 Å². The number of nitrogens with zero attached hydrogens (tertiary/aromatic N) is 1. The van der Waals surface area contributed by atoms with Gasteiger partial charge in [-0.1, -0.05) is 24.3 Å². The van der Waals surface area contributed by atoms with Crippen LogP contribution in [0.4, 0.5) is 0 Å². The number of hydrogen-bond donors (Lipinski definition) is 1. The Morgan fingerprint density at radius 3 is 2.64 bits per heavy atom. The Balaban J connectivity index is 2.04. The maximum atomic E-state index is 12.8. The lowest BCUT2D eigenvalue weighted by atomic mass is 10.0. The van der Waals surface area contributed by atoms with Gasteiger partial charge in [-0.25, -0.2) is 0 Å². The standard InChI is InChI=1S/C17H18N2O3/c1-11-16(20)18-7-8-19(11)17(21)14-9-12-5-3-4-6-13(12)10-15(14)22-2/h3-6,9-11H,7-8H2,1-2H3,(H,18,20). The number of hydrogen-bond acceptors (Lipinski definition) is 3. The van der Waals surface area contributed by atoms with Gasteiger partial charge in [0.25, 0.3) is 5.91 Å². The molecule has 0 spiro atoms. The average molecular weight is 298 g/mol. The van der Waals surface area contributed by atoms with Gasteiger partial charge >= 0.3 is 0 Å². The minimum atomic E-state index is -0.475. The normalized spacial score (nSPS) is 18.2. The molecule has 5 heteroatoms. The molecule has 1 saturated heterocycles. The Hall–Kier alpha value is -2.56. The molecule has 0 bridgehead atoms. The number of ether oxygens (including phenoxy) is 1. The lowest BCUT2D eigenvalue weighted by Crippen LogP contribution is -2.55. The first-order valence-corrected chi connectivity index (χ1v) is 7.27. The highest BCUT2D eigenvalue weighted by atomic mass is 16.5. The molecule has 0 aromatic heterocycles. The van der Waals surface area contributed by atoms with Crippen LogP contribution in [-0.2, 0) is 4.79 Å². The molecule has 3 rings (SSSR count). The zero-order chi connectivity index (χ0) is 15.7. The summed E-state index contributed by atoms with van der Waals surface area (Å²) in [6.45, 7) is 2.71. The summed E-state index contributed by atoms with van der Waals surface area (Å²) in [5.41, 5.74) is 0.489. The molecular formula is C17H18N2O3. The number of methoxy groups -OCH3 is 1. The molecule has 1 fully saturated rings. The maximum absolute atomic E-state index is 12.8. The van der Waals surface area contributed by atoms with E-state index in [9.17, 15) is 9.59 Å². The second-order valence-electron chi connectivity index (χ2n) is 5.37. The Bertz CT molecular complexity index is 742. The molecule has 1 heterocycles. The number of amides is 2. The van der Waals surface area contributed by atoms with Crippen molar-refractivity contribution in [3.8, 4) is 5.75 Å². The Kier molecular flexibility index (Phi) is 3.71. The van der Waals surface area contributed by atoms with Crippen LogP contribution in [0.3, 0.4) is 0 Å². The lowest BCUT2D eigenvalue weighted by molar-refractivity contribution is -0.127. The van der Waals surface area contributed by atoms with Crippen molar-refractivity contribution in [3.05, 3.63) is 42.0 Å². The van der Waals surface area contributed by atoms with Crippen LogP contribution in [0.1, 0.15) is 17.3 Å². The molecule has 22 heavy (non-hydrogen) atoms. The van der Waals surface area contributed by atoms with Gasteiger partial charge in [0.15, 0.2) is 0 Å². The van der Waals surface area contributed by atoms with Crippen LogP contribution in [0.15, 0.2) is 36.4 Å². The van der Waals surface area contributed by atoms with E-state index in [1.807, 2.05) is 36.4 Å². The van der Waals surface area contributed by atoms with Gasteiger partial charge in [-0.3, -0.25) is 9.59 Å². The molecule has 1 aliphatic heterocycles. The molecule has 5 nitrogen and oxygen atoms in total. The molecule has 1 unspecified atom stereocenters. The second-order valence-corrected chi connectivity index (χ2v) is 5.37. The number of nitrogens with one attached hydrogen (secondary N) is 1. The zero-order valence-electron chi connectivity index (χ0n) is 12.6. The van der Waals surface area contributed by atoms with Gasteiger partial charge in [-0.15, -0.1) is 0 Å². The van der Waals surface area contributed by atoms with Crippen molar-refractivity contribution in [1.82, 2.24) is 10.2 Å². The fourth-order valence-electron chi connectivity index (χ4n) is 2.77. The zero-order valence-corrected chi connectivity index (χ0v) is 12.6. The topological polar surface area (TPSA) is 58.6 Å². The highest BCUT2D eigenvalue weighted by Crippen LogP contribution is 2.27. The molecule has 2 amide bonds. The highest BCUT2D eigenvalue weighted by Gasteiger charge is 2.31. The molecule has 0 aliphatic carbocycles. The smallest absolute Gasteiger partial charge is 0.258 e. The van der Waals surface area contributed by atoms with E-state index in [1.54, 1.807) is 18.9 Å².